The molecule has 22 heavy (non-hydrogen) atoms. The molecule has 0 fully saturated rings. The molecule has 1 aliphatic heterocycles. The Morgan fingerprint density at radius 3 is 2.36 bits per heavy atom. The van der Waals surface area contributed by atoms with Crippen LogP contribution in [0.15, 0.2) is 53.5 Å². The van der Waals surface area contributed by atoms with Gasteiger partial charge in [0.2, 0.25) is 0 Å². The molecule has 0 radical (unpaired) electrons. The van der Waals surface area contributed by atoms with E-state index >= 15 is 0 Å². The van der Waals surface area contributed by atoms with Crippen LogP contribution in [0, 0.1) is 0 Å². The molecule has 0 aromatic heterocycles. The second-order valence-electron chi connectivity index (χ2n) is 5.05. The number of nitrogens with zero attached hydrogens (tertiary/aromatic N) is 2. The van der Waals surface area contributed by atoms with Crippen LogP contribution in [0.1, 0.15) is 5.56 Å². The Morgan fingerprint density at radius 2 is 1.73 bits per heavy atom. The number of fused-ring (bicyclic) bond motifs is 1. The van der Waals surface area contributed by atoms with Crippen molar-refractivity contribution in [3.63, 3.8) is 0 Å². The summed E-state index contributed by atoms with van der Waals surface area (Å²) >= 11 is 18.2. The minimum absolute atomic E-state index is 0.0609. The maximum Gasteiger partial charge on any atom is 0.183 e. The Hall–Kier alpha value is -1.26. The van der Waals surface area contributed by atoms with Gasteiger partial charge in [0.25, 0.3) is 0 Å². The Morgan fingerprint density at radius 1 is 1.05 bits per heavy atom. The van der Waals surface area contributed by atoms with Crippen LogP contribution in [0.2, 0.25) is 5.02 Å². The van der Waals surface area contributed by atoms with E-state index in [1.807, 2.05) is 30.3 Å². The Kier molecular flexibility index (Phi) is 4.33. The van der Waals surface area contributed by atoms with Crippen molar-refractivity contribution in [3.05, 3.63) is 69.7 Å². The van der Waals surface area contributed by atoms with Gasteiger partial charge in [-0.15, -0.1) is 23.2 Å². The first kappa shape index (κ1) is 15.6. The van der Waals surface area contributed by atoms with Gasteiger partial charge < -0.3 is 0 Å². The van der Waals surface area contributed by atoms with Crippen molar-refractivity contribution < 1.29 is 5.21 Å². The van der Waals surface area contributed by atoms with E-state index in [2.05, 4.69) is 4.99 Å². The van der Waals surface area contributed by atoms with Crippen LogP contribution in [0.3, 0.4) is 0 Å². The second kappa shape index (κ2) is 6.09. The third kappa shape index (κ3) is 2.48. The third-order valence-corrected chi connectivity index (χ3v) is 4.71. The van der Waals surface area contributed by atoms with Crippen LogP contribution in [-0.2, 0) is 0 Å². The fourth-order valence-electron chi connectivity index (χ4n) is 2.47. The van der Waals surface area contributed by atoms with E-state index in [0.29, 0.717) is 16.1 Å². The SMILES string of the molecule is ON1C(c2ccccc2)=c2cc(Cl)ccc2=NC1(CCl)CCl. The fourth-order valence-corrected chi connectivity index (χ4v) is 3.28. The molecule has 0 bridgehead atoms. The van der Waals surface area contributed by atoms with Crippen molar-refractivity contribution in [2.24, 2.45) is 4.99 Å². The van der Waals surface area contributed by atoms with Crippen LogP contribution in [0.5, 0.6) is 0 Å². The third-order valence-electron chi connectivity index (χ3n) is 3.62. The molecule has 2 aromatic carbocycles. The molecule has 0 spiro atoms. The molecule has 2 aromatic rings. The number of benzene rings is 2. The lowest BCUT2D eigenvalue weighted by atomic mass is 10.0. The van der Waals surface area contributed by atoms with Crippen molar-refractivity contribution in [2.45, 2.75) is 5.66 Å². The number of hydrogen-bond donors (Lipinski definition) is 1. The molecule has 3 rings (SSSR count). The first-order chi connectivity index (χ1) is 10.6. The van der Waals surface area contributed by atoms with Gasteiger partial charge in [-0.1, -0.05) is 41.9 Å². The molecule has 1 N–H and O–H groups in total. The van der Waals surface area contributed by atoms with Crippen molar-refractivity contribution in [1.29, 1.82) is 0 Å². The predicted molar refractivity (Wildman–Crippen MR) is 89.0 cm³/mol. The Balaban J connectivity index is 2.40. The summed E-state index contributed by atoms with van der Waals surface area (Å²) in [6, 6.07) is 14.9. The highest BCUT2D eigenvalue weighted by atomic mass is 35.5. The first-order valence-electron chi connectivity index (χ1n) is 6.67. The van der Waals surface area contributed by atoms with E-state index in [0.717, 1.165) is 15.8 Å². The Labute approximate surface area is 143 Å². The minimum atomic E-state index is -1.10. The summed E-state index contributed by atoms with van der Waals surface area (Å²) in [4.78, 5) is 4.54. The molecule has 0 aliphatic carbocycles. The quantitative estimate of drug-likeness (QED) is 0.859. The molecule has 1 heterocycles. The van der Waals surface area contributed by atoms with E-state index in [1.165, 1.54) is 0 Å². The maximum atomic E-state index is 10.8. The van der Waals surface area contributed by atoms with Crippen molar-refractivity contribution in [3.8, 4) is 0 Å². The van der Waals surface area contributed by atoms with Crippen LogP contribution < -0.4 is 10.6 Å². The zero-order valence-corrected chi connectivity index (χ0v) is 13.8. The summed E-state index contributed by atoms with van der Waals surface area (Å²) in [6.07, 6.45) is 0. The molecule has 0 unspecified atom stereocenters. The average molecular weight is 356 g/mol. The molecule has 1 aliphatic rings. The lowest BCUT2D eigenvalue weighted by molar-refractivity contribution is -0.102. The van der Waals surface area contributed by atoms with Gasteiger partial charge in [0.15, 0.2) is 5.66 Å². The zero-order chi connectivity index (χ0) is 15.7. The summed E-state index contributed by atoms with van der Waals surface area (Å²) < 4.78 is 0. The standard InChI is InChI=1S/C16H13Cl3N2O/c17-9-16(10-18)20-14-7-6-12(19)8-13(14)15(21(16)22)11-4-2-1-3-5-11/h1-8,22H,9-10H2. The number of halogens is 3. The normalized spacial score (nSPS) is 16.2. The van der Waals surface area contributed by atoms with Gasteiger partial charge in [0.1, 0.15) is 0 Å². The minimum Gasteiger partial charge on any atom is -0.286 e. The second-order valence-corrected chi connectivity index (χ2v) is 6.02. The average Bonchev–Trinajstić information content (AvgIpc) is 2.55. The van der Waals surface area contributed by atoms with Crippen molar-refractivity contribution in [1.82, 2.24) is 5.06 Å². The smallest absolute Gasteiger partial charge is 0.183 e. The number of hydrogen-bond acceptors (Lipinski definition) is 3. The lowest BCUT2D eigenvalue weighted by Crippen LogP contribution is -2.56. The highest BCUT2D eigenvalue weighted by Crippen LogP contribution is 2.29. The number of alkyl halides is 2. The lowest BCUT2D eigenvalue weighted by Gasteiger charge is -2.38. The van der Waals surface area contributed by atoms with E-state index in [9.17, 15) is 5.21 Å². The summed E-state index contributed by atoms with van der Waals surface area (Å²) in [6.45, 7) is 0. The van der Waals surface area contributed by atoms with Crippen LogP contribution in [0.25, 0.3) is 5.70 Å². The summed E-state index contributed by atoms with van der Waals surface area (Å²) in [7, 11) is 0. The van der Waals surface area contributed by atoms with Gasteiger partial charge in [-0.25, -0.2) is 5.06 Å². The summed E-state index contributed by atoms with van der Waals surface area (Å²) in [5.41, 5.74) is 0.326. The first-order valence-corrected chi connectivity index (χ1v) is 8.12. The van der Waals surface area contributed by atoms with E-state index < -0.39 is 5.66 Å². The van der Waals surface area contributed by atoms with Gasteiger partial charge >= 0.3 is 0 Å². The van der Waals surface area contributed by atoms with E-state index in [-0.39, 0.29) is 11.8 Å². The van der Waals surface area contributed by atoms with Gasteiger partial charge in [-0.05, 0) is 18.2 Å². The van der Waals surface area contributed by atoms with Crippen LogP contribution in [0.4, 0.5) is 0 Å². The predicted octanol–water partition coefficient (Wildman–Crippen LogP) is 2.99. The molecule has 6 heteroatoms. The molecule has 0 saturated carbocycles. The molecule has 0 saturated heterocycles. The van der Waals surface area contributed by atoms with E-state index in [4.69, 9.17) is 34.8 Å². The molecule has 114 valence electrons. The van der Waals surface area contributed by atoms with Gasteiger partial charge in [-0.2, -0.15) is 0 Å². The van der Waals surface area contributed by atoms with Crippen molar-refractivity contribution >= 4 is 40.5 Å². The highest BCUT2D eigenvalue weighted by molar-refractivity contribution is 6.30. The van der Waals surface area contributed by atoms with Crippen molar-refractivity contribution in [2.75, 3.05) is 11.8 Å². The molecular formula is C16H13Cl3N2O. The van der Waals surface area contributed by atoms with Crippen LogP contribution in [-0.4, -0.2) is 27.7 Å². The van der Waals surface area contributed by atoms with Gasteiger partial charge in [0.05, 0.1) is 22.8 Å². The number of hydroxylamine groups is 2. The van der Waals surface area contributed by atoms with Gasteiger partial charge in [0, 0.05) is 15.8 Å². The Bertz CT molecular complexity index is 804. The molecular weight excluding hydrogens is 343 g/mol. The molecule has 0 atom stereocenters. The monoisotopic (exact) mass is 354 g/mol. The molecule has 0 amide bonds. The zero-order valence-electron chi connectivity index (χ0n) is 11.5. The summed E-state index contributed by atoms with van der Waals surface area (Å²) in [5, 5.41) is 13.8. The fraction of sp³-hybridized carbons (Fsp3) is 0.188. The van der Waals surface area contributed by atoms with Gasteiger partial charge in [-0.3, -0.25) is 10.2 Å². The van der Waals surface area contributed by atoms with E-state index in [1.54, 1.807) is 18.2 Å². The largest absolute Gasteiger partial charge is 0.286 e. The number of rotatable bonds is 3. The topological polar surface area (TPSA) is 35.8 Å². The summed E-state index contributed by atoms with van der Waals surface area (Å²) in [5.74, 6) is 0.122. The molecule has 3 nitrogen and oxygen atoms in total. The van der Waals surface area contributed by atoms with Crippen LogP contribution >= 0.6 is 34.8 Å². The maximum absolute atomic E-state index is 10.8. The highest BCUT2D eigenvalue weighted by Gasteiger charge is 2.39.